The van der Waals surface area contributed by atoms with Crippen molar-refractivity contribution < 1.29 is 19.4 Å². The van der Waals surface area contributed by atoms with E-state index in [2.05, 4.69) is 5.32 Å². The standard InChI is InChI=1S/C21H27NO4/c1-15(2)26-19-10-8-18(9-11-19)21(24)22-14-20(25-13-12-23)17-6-4-16(3)5-7-17/h4-11,15,20,23H,12-14H2,1-3H3,(H,22,24). The molecule has 5 heteroatoms. The van der Waals surface area contributed by atoms with Crippen molar-refractivity contribution in [1.29, 1.82) is 0 Å². The Labute approximate surface area is 155 Å². The van der Waals surface area contributed by atoms with Crippen molar-refractivity contribution in [2.75, 3.05) is 19.8 Å². The Hall–Kier alpha value is -2.37. The maximum absolute atomic E-state index is 12.4. The van der Waals surface area contributed by atoms with Crippen molar-refractivity contribution in [3.63, 3.8) is 0 Å². The normalized spacial score (nSPS) is 12.0. The van der Waals surface area contributed by atoms with E-state index in [1.54, 1.807) is 24.3 Å². The zero-order valence-electron chi connectivity index (χ0n) is 15.6. The van der Waals surface area contributed by atoms with Crippen LogP contribution in [0.2, 0.25) is 0 Å². The van der Waals surface area contributed by atoms with Crippen LogP contribution in [0.4, 0.5) is 0 Å². The van der Waals surface area contributed by atoms with Crippen molar-refractivity contribution in [2.45, 2.75) is 33.0 Å². The van der Waals surface area contributed by atoms with Crippen LogP contribution in [0.1, 0.15) is 41.4 Å². The summed E-state index contributed by atoms with van der Waals surface area (Å²) in [6.45, 7) is 6.41. The van der Waals surface area contributed by atoms with Gasteiger partial charge in [-0.15, -0.1) is 0 Å². The van der Waals surface area contributed by atoms with Crippen molar-refractivity contribution in [2.24, 2.45) is 0 Å². The number of rotatable bonds is 9. The van der Waals surface area contributed by atoms with Gasteiger partial charge in [0, 0.05) is 12.1 Å². The van der Waals surface area contributed by atoms with Gasteiger partial charge in [-0.05, 0) is 50.6 Å². The molecule has 0 saturated carbocycles. The third-order valence-electron chi connectivity index (χ3n) is 3.80. The summed E-state index contributed by atoms with van der Waals surface area (Å²) >= 11 is 0. The first-order valence-corrected chi connectivity index (χ1v) is 8.83. The molecule has 2 aromatic carbocycles. The first kappa shape index (κ1) is 19.9. The molecule has 1 unspecified atom stereocenters. The van der Waals surface area contributed by atoms with Gasteiger partial charge in [0.25, 0.3) is 5.91 Å². The summed E-state index contributed by atoms with van der Waals surface area (Å²) < 4.78 is 11.3. The first-order chi connectivity index (χ1) is 12.5. The zero-order chi connectivity index (χ0) is 18.9. The molecule has 0 bridgehead atoms. The van der Waals surface area contributed by atoms with Gasteiger partial charge in [-0.1, -0.05) is 29.8 Å². The summed E-state index contributed by atoms with van der Waals surface area (Å²) in [6.07, 6.45) is -0.219. The number of hydrogen-bond donors (Lipinski definition) is 2. The highest BCUT2D eigenvalue weighted by Crippen LogP contribution is 2.18. The largest absolute Gasteiger partial charge is 0.491 e. The molecule has 1 atom stereocenters. The lowest BCUT2D eigenvalue weighted by Crippen LogP contribution is -2.30. The molecule has 0 radical (unpaired) electrons. The van der Waals surface area contributed by atoms with E-state index in [4.69, 9.17) is 14.6 Å². The number of aliphatic hydroxyl groups is 1. The number of aryl methyl sites for hydroxylation is 1. The Balaban J connectivity index is 1.98. The third kappa shape index (κ3) is 6.17. The fraction of sp³-hybridized carbons (Fsp3) is 0.381. The molecule has 0 aromatic heterocycles. The van der Waals surface area contributed by atoms with Gasteiger partial charge >= 0.3 is 0 Å². The van der Waals surface area contributed by atoms with Crippen LogP contribution in [0.3, 0.4) is 0 Å². The summed E-state index contributed by atoms with van der Waals surface area (Å²) in [4.78, 5) is 12.4. The molecule has 2 aromatic rings. The molecule has 0 aliphatic rings. The number of nitrogens with one attached hydrogen (secondary N) is 1. The molecule has 0 saturated heterocycles. The monoisotopic (exact) mass is 357 g/mol. The second-order valence-corrected chi connectivity index (χ2v) is 6.39. The van der Waals surface area contributed by atoms with Crippen LogP contribution in [-0.4, -0.2) is 36.9 Å². The predicted molar refractivity (Wildman–Crippen MR) is 101 cm³/mol. The first-order valence-electron chi connectivity index (χ1n) is 8.83. The lowest BCUT2D eigenvalue weighted by Gasteiger charge is -2.19. The number of hydrogen-bond acceptors (Lipinski definition) is 4. The maximum Gasteiger partial charge on any atom is 0.251 e. The number of ether oxygens (including phenoxy) is 2. The Morgan fingerprint density at radius 1 is 1.08 bits per heavy atom. The molecule has 1 amide bonds. The minimum absolute atomic E-state index is 0.0619. The van der Waals surface area contributed by atoms with Crippen molar-refractivity contribution in [3.05, 3.63) is 65.2 Å². The van der Waals surface area contributed by atoms with E-state index < -0.39 is 0 Å². The average Bonchev–Trinajstić information content (AvgIpc) is 2.62. The number of benzene rings is 2. The predicted octanol–water partition coefficient (Wildman–Crippen LogP) is 3.26. The van der Waals surface area contributed by atoms with Gasteiger partial charge in [0.05, 0.1) is 25.4 Å². The van der Waals surface area contributed by atoms with Crippen LogP contribution < -0.4 is 10.1 Å². The minimum Gasteiger partial charge on any atom is -0.491 e. The van der Waals surface area contributed by atoms with Crippen molar-refractivity contribution >= 4 is 5.91 Å². The fourth-order valence-corrected chi connectivity index (χ4v) is 2.49. The van der Waals surface area contributed by atoms with Gasteiger partial charge in [-0.2, -0.15) is 0 Å². The summed E-state index contributed by atoms with van der Waals surface area (Å²) in [5, 5.41) is 11.9. The molecule has 0 aliphatic heterocycles. The van der Waals surface area contributed by atoms with Crippen LogP contribution in [0, 0.1) is 6.92 Å². The SMILES string of the molecule is Cc1ccc(C(CNC(=O)c2ccc(OC(C)C)cc2)OCCO)cc1. The van der Waals surface area contributed by atoms with Crippen molar-refractivity contribution in [1.82, 2.24) is 5.32 Å². The van der Waals surface area contributed by atoms with Crippen molar-refractivity contribution in [3.8, 4) is 5.75 Å². The molecule has 2 rings (SSSR count). The third-order valence-corrected chi connectivity index (χ3v) is 3.80. The van der Waals surface area contributed by atoms with Crippen LogP contribution in [0.5, 0.6) is 5.75 Å². The second-order valence-electron chi connectivity index (χ2n) is 6.39. The minimum atomic E-state index is -0.310. The summed E-state index contributed by atoms with van der Waals surface area (Å²) in [6, 6.07) is 15.0. The van der Waals surface area contributed by atoms with E-state index in [0.717, 1.165) is 16.9 Å². The highest BCUT2D eigenvalue weighted by molar-refractivity contribution is 5.94. The van der Waals surface area contributed by atoms with Crippen LogP contribution in [-0.2, 0) is 4.74 Å². The van der Waals surface area contributed by atoms with Gasteiger partial charge in [0.15, 0.2) is 0 Å². The Kier molecular flexibility index (Phi) is 7.63. The summed E-state index contributed by atoms with van der Waals surface area (Å²) in [7, 11) is 0. The van der Waals surface area contributed by atoms with E-state index in [1.165, 1.54) is 0 Å². The maximum atomic E-state index is 12.4. The van der Waals surface area contributed by atoms with Crippen LogP contribution in [0.25, 0.3) is 0 Å². The Morgan fingerprint density at radius 2 is 1.73 bits per heavy atom. The smallest absolute Gasteiger partial charge is 0.251 e. The molecular formula is C21H27NO4. The van der Waals surface area contributed by atoms with E-state index in [-0.39, 0.29) is 31.3 Å². The molecule has 0 fully saturated rings. The molecule has 0 spiro atoms. The lowest BCUT2D eigenvalue weighted by molar-refractivity contribution is 0.0277. The highest BCUT2D eigenvalue weighted by Gasteiger charge is 2.14. The number of aliphatic hydroxyl groups excluding tert-OH is 1. The van der Waals surface area contributed by atoms with Gasteiger partial charge in [-0.3, -0.25) is 4.79 Å². The fourth-order valence-electron chi connectivity index (χ4n) is 2.49. The quantitative estimate of drug-likeness (QED) is 0.723. The second kappa shape index (κ2) is 9.94. The van der Waals surface area contributed by atoms with E-state index in [9.17, 15) is 4.79 Å². The van der Waals surface area contributed by atoms with Gasteiger partial charge < -0.3 is 19.9 Å². The van der Waals surface area contributed by atoms with Gasteiger partial charge in [0.2, 0.25) is 0 Å². The van der Waals surface area contributed by atoms with Crippen LogP contribution in [0.15, 0.2) is 48.5 Å². The molecule has 26 heavy (non-hydrogen) atoms. The molecule has 0 aliphatic carbocycles. The van der Waals surface area contributed by atoms with Gasteiger partial charge in [0.1, 0.15) is 5.75 Å². The summed E-state index contributed by atoms with van der Waals surface area (Å²) in [5.41, 5.74) is 2.68. The lowest BCUT2D eigenvalue weighted by atomic mass is 10.1. The number of carbonyl (C=O) groups is 1. The Bertz CT molecular complexity index is 680. The average molecular weight is 357 g/mol. The molecule has 2 N–H and O–H groups in total. The molecule has 0 heterocycles. The molecule has 140 valence electrons. The topological polar surface area (TPSA) is 67.8 Å². The van der Waals surface area contributed by atoms with Crippen LogP contribution >= 0.6 is 0 Å². The number of carbonyl (C=O) groups excluding carboxylic acids is 1. The molecular weight excluding hydrogens is 330 g/mol. The zero-order valence-corrected chi connectivity index (χ0v) is 15.6. The number of amides is 1. The molecule has 5 nitrogen and oxygen atoms in total. The van der Waals surface area contributed by atoms with E-state index in [0.29, 0.717) is 12.1 Å². The summed E-state index contributed by atoms with van der Waals surface area (Å²) in [5.74, 6) is 0.561. The van der Waals surface area contributed by atoms with E-state index in [1.807, 2.05) is 45.0 Å². The highest BCUT2D eigenvalue weighted by atomic mass is 16.5. The van der Waals surface area contributed by atoms with Gasteiger partial charge in [-0.25, -0.2) is 0 Å². The van der Waals surface area contributed by atoms with E-state index >= 15 is 0 Å². The Morgan fingerprint density at radius 3 is 2.31 bits per heavy atom.